The van der Waals surface area contributed by atoms with Crippen LogP contribution in [0.25, 0.3) is 0 Å². The van der Waals surface area contributed by atoms with E-state index in [1.807, 2.05) is 6.08 Å². The van der Waals surface area contributed by atoms with Crippen LogP contribution in [0.4, 0.5) is 0 Å². The number of sulfone groups is 1. The Morgan fingerprint density at radius 1 is 1.31 bits per heavy atom. The van der Waals surface area contributed by atoms with Crippen molar-refractivity contribution in [3.05, 3.63) is 12.2 Å². The first kappa shape index (κ1) is 8.30. The average Bonchev–Trinajstić information content (AvgIpc) is 2.31. The normalized spacial score (nSPS) is 55.6. The third-order valence-corrected chi connectivity index (χ3v) is 7.19. The molecular formula is C9H11ClO2S. The van der Waals surface area contributed by atoms with Gasteiger partial charge in [-0.25, -0.2) is 8.42 Å². The molecule has 13 heavy (non-hydrogen) atoms. The molecule has 1 heterocycles. The van der Waals surface area contributed by atoms with Gasteiger partial charge in [0, 0.05) is 10.8 Å². The second-order valence-corrected chi connectivity index (χ2v) is 7.29. The van der Waals surface area contributed by atoms with Crippen LogP contribution in [-0.2, 0) is 9.84 Å². The fourth-order valence-electron chi connectivity index (χ4n) is 3.30. The van der Waals surface area contributed by atoms with Gasteiger partial charge in [0.15, 0.2) is 9.84 Å². The molecule has 0 spiro atoms. The maximum Gasteiger partial charge on any atom is 0.168 e. The van der Waals surface area contributed by atoms with Crippen molar-refractivity contribution in [3.63, 3.8) is 0 Å². The van der Waals surface area contributed by atoms with Crippen LogP contribution in [0, 0.1) is 10.8 Å². The maximum atomic E-state index is 11.7. The topological polar surface area (TPSA) is 34.1 Å². The zero-order chi connectivity index (χ0) is 9.32. The molecule has 3 aliphatic rings. The predicted molar refractivity (Wildman–Crippen MR) is 51.3 cm³/mol. The van der Waals surface area contributed by atoms with Gasteiger partial charge in [0.2, 0.25) is 0 Å². The molecule has 3 rings (SSSR count). The van der Waals surface area contributed by atoms with E-state index < -0.39 is 14.5 Å². The Morgan fingerprint density at radius 3 is 2.62 bits per heavy atom. The van der Waals surface area contributed by atoms with Gasteiger partial charge in [-0.3, -0.25) is 0 Å². The lowest BCUT2D eigenvalue weighted by Gasteiger charge is -2.44. The van der Waals surface area contributed by atoms with Gasteiger partial charge in [-0.15, -0.1) is 11.6 Å². The quantitative estimate of drug-likeness (QED) is 0.458. The van der Waals surface area contributed by atoms with Crippen LogP contribution in [0.1, 0.15) is 19.3 Å². The van der Waals surface area contributed by atoms with Gasteiger partial charge >= 0.3 is 0 Å². The Balaban J connectivity index is 2.21. The van der Waals surface area contributed by atoms with Crippen LogP contribution in [0.2, 0.25) is 0 Å². The van der Waals surface area contributed by atoms with Crippen molar-refractivity contribution >= 4 is 21.4 Å². The fourth-order valence-corrected chi connectivity index (χ4v) is 6.33. The van der Waals surface area contributed by atoms with E-state index in [9.17, 15) is 8.42 Å². The largest absolute Gasteiger partial charge is 0.227 e. The highest BCUT2D eigenvalue weighted by Crippen LogP contribution is 2.69. The first-order valence-corrected chi connectivity index (χ1v) is 6.74. The molecule has 1 aliphatic heterocycles. The predicted octanol–water partition coefficient (Wildman–Crippen LogP) is 1.71. The van der Waals surface area contributed by atoms with Crippen LogP contribution in [0.15, 0.2) is 12.2 Å². The van der Waals surface area contributed by atoms with Crippen molar-refractivity contribution in [1.82, 2.24) is 0 Å². The number of halogens is 1. The summed E-state index contributed by atoms with van der Waals surface area (Å²) >= 11 is 6.05. The summed E-state index contributed by atoms with van der Waals surface area (Å²) in [5.41, 5.74) is -0.258. The summed E-state index contributed by atoms with van der Waals surface area (Å²) in [6.45, 7) is 0. The van der Waals surface area contributed by atoms with Crippen molar-refractivity contribution in [2.24, 2.45) is 10.8 Å². The number of hydrogen-bond donors (Lipinski definition) is 0. The minimum atomic E-state index is -3.04. The van der Waals surface area contributed by atoms with E-state index in [2.05, 4.69) is 6.08 Å². The molecule has 1 saturated heterocycles. The molecule has 4 heteroatoms. The Morgan fingerprint density at radius 2 is 2.08 bits per heavy atom. The molecule has 2 nitrogen and oxygen atoms in total. The van der Waals surface area contributed by atoms with Gasteiger partial charge in [-0.1, -0.05) is 18.6 Å². The van der Waals surface area contributed by atoms with Crippen LogP contribution in [0.3, 0.4) is 0 Å². The first-order valence-electron chi connectivity index (χ1n) is 4.59. The summed E-state index contributed by atoms with van der Waals surface area (Å²) in [5, 5.41) is 0. The molecule has 0 aromatic heterocycles. The molecule has 0 radical (unpaired) electrons. The molecule has 3 atom stereocenters. The van der Waals surface area contributed by atoms with Crippen molar-refractivity contribution in [1.29, 1.82) is 0 Å². The molecule has 2 aliphatic carbocycles. The van der Waals surface area contributed by atoms with Crippen LogP contribution < -0.4 is 0 Å². The monoisotopic (exact) mass is 218 g/mol. The van der Waals surface area contributed by atoms with E-state index >= 15 is 0 Å². The Bertz CT molecular complexity index is 400. The molecule has 0 aromatic carbocycles. The lowest BCUT2D eigenvalue weighted by Crippen LogP contribution is -2.42. The Labute approximate surface area is 82.9 Å². The molecular weight excluding hydrogens is 208 g/mol. The second kappa shape index (κ2) is 1.98. The molecule has 3 unspecified atom stereocenters. The van der Waals surface area contributed by atoms with E-state index in [1.54, 1.807) is 0 Å². The molecule has 0 N–H and O–H groups in total. The molecule has 72 valence electrons. The van der Waals surface area contributed by atoms with E-state index in [0.29, 0.717) is 0 Å². The van der Waals surface area contributed by atoms with Crippen molar-refractivity contribution in [2.45, 2.75) is 24.0 Å². The van der Waals surface area contributed by atoms with Gasteiger partial charge in [0.25, 0.3) is 0 Å². The summed E-state index contributed by atoms with van der Waals surface area (Å²) in [7, 11) is -3.04. The van der Waals surface area contributed by atoms with Crippen LogP contribution in [0.5, 0.6) is 0 Å². The summed E-state index contributed by atoms with van der Waals surface area (Å²) in [5.74, 6) is 0.282. The molecule has 0 amide bonds. The SMILES string of the molecule is O=S1(=O)CC23C=CC2(CCC3)C1Cl. The highest BCUT2D eigenvalue weighted by atomic mass is 35.5. The van der Waals surface area contributed by atoms with Gasteiger partial charge in [0.05, 0.1) is 5.75 Å². The lowest BCUT2D eigenvalue weighted by molar-refractivity contribution is 0.206. The summed E-state index contributed by atoms with van der Waals surface area (Å²) in [6.07, 6.45) is 7.18. The molecule has 0 bridgehead atoms. The van der Waals surface area contributed by atoms with Crippen LogP contribution >= 0.6 is 11.6 Å². The lowest BCUT2D eigenvalue weighted by atomic mass is 9.60. The highest BCUT2D eigenvalue weighted by Gasteiger charge is 2.70. The Kier molecular flexibility index (Phi) is 1.27. The zero-order valence-corrected chi connectivity index (χ0v) is 8.74. The van der Waals surface area contributed by atoms with Crippen LogP contribution in [-0.4, -0.2) is 18.9 Å². The van der Waals surface area contributed by atoms with E-state index in [-0.39, 0.29) is 16.6 Å². The zero-order valence-electron chi connectivity index (χ0n) is 7.16. The van der Waals surface area contributed by atoms with Crippen molar-refractivity contribution in [2.75, 3.05) is 5.75 Å². The minimum absolute atomic E-state index is 0.0712. The van der Waals surface area contributed by atoms with Gasteiger partial charge < -0.3 is 0 Å². The minimum Gasteiger partial charge on any atom is -0.227 e. The fraction of sp³-hybridized carbons (Fsp3) is 0.778. The van der Waals surface area contributed by atoms with E-state index in [1.165, 1.54) is 0 Å². The summed E-state index contributed by atoms with van der Waals surface area (Å²) in [4.78, 5) is 0. The summed E-state index contributed by atoms with van der Waals surface area (Å²) < 4.78 is 22.6. The first-order chi connectivity index (χ1) is 6.03. The average molecular weight is 219 g/mol. The molecule has 1 saturated carbocycles. The van der Waals surface area contributed by atoms with Crippen molar-refractivity contribution < 1.29 is 8.42 Å². The molecule has 0 aromatic rings. The number of rotatable bonds is 0. The van der Waals surface area contributed by atoms with E-state index in [0.717, 1.165) is 19.3 Å². The number of alkyl halides is 1. The van der Waals surface area contributed by atoms with Gasteiger partial charge in [-0.2, -0.15) is 0 Å². The third kappa shape index (κ3) is 0.677. The standard InChI is InChI=1S/C9H11ClO2S/c10-7-9-3-1-2-8(9,4-5-9)6-13(7,11)12/h4-5,7H,1-3,6H2. The maximum absolute atomic E-state index is 11.7. The number of hydrogen-bond acceptors (Lipinski definition) is 2. The molecule has 2 fully saturated rings. The summed E-state index contributed by atoms with van der Waals surface area (Å²) in [6, 6.07) is 0. The third-order valence-electron chi connectivity index (χ3n) is 4.02. The highest BCUT2D eigenvalue weighted by molar-refractivity contribution is 7.93. The Hall–Kier alpha value is -0.0200. The smallest absolute Gasteiger partial charge is 0.168 e. The van der Waals surface area contributed by atoms with Gasteiger partial charge in [0.1, 0.15) is 4.71 Å². The second-order valence-electron chi connectivity index (χ2n) is 4.51. The van der Waals surface area contributed by atoms with E-state index in [4.69, 9.17) is 11.6 Å². The number of allylic oxidation sites excluding steroid dienone is 2. The van der Waals surface area contributed by atoms with Gasteiger partial charge in [-0.05, 0) is 12.8 Å². The van der Waals surface area contributed by atoms with Crippen molar-refractivity contribution in [3.8, 4) is 0 Å².